The molecule has 3 aliphatic rings. The van der Waals surface area contributed by atoms with Crippen molar-refractivity contribution in [3.05, 3.63) is 59.7 Å². The number of fused-ring (bicyclic) bond motifs is 3. The number of likely N-dealkylation sites (tertiary alicyclic amines) is 2. The van der Waals surface area contributed by atoms with Gasteiger partial charge in [-0.05, 0) is 41.6 Å². The molecule has 2 aliphatic heterocycles. The first-order valence-electron chi connectivity index (χ1n) is 10.2. The molecular formula is C23H24N2O4. The molecule has 6 heteroatoms. The van der Waals surface area contributed by atoms with Crippen molar-refractivity contribution in [1.29, 1.82) is 0 Å². The topological polar surface area (TPSA) is 70.1 Å². The molecule has 1 atom stereocenters. The zero-order valence-corrected chi connectivity index (χ0v) is 16.2. The lowest BCUT2D eigenvalue weighted by atomic mass is 9.98. The van der Waals surface area contributed by atoms with Gasteiger partial charge in [0.1, 0.15) is 12.6 Å². The highest BCUT2D eigenvalue weighted by Crippen LogP contribution is 2.44. The third-order valence-electron chi connectivity index (χ3n) is 6.50. The van der Waals surface area contributed by atoms with Crippen LogP contribution in [0.1, 0.15) is 29.9 Å². The average Bonchev–Trinajstić information content (AvgIpc) is 3.29. The van der Waals surface area contributed by atoms with E-state index < -0.39 is 12.0 Å². The molecule has 29 heavy (non-hydrogen) atoms. The van der Waals surface area contributed by atoms with Crippen LogP contribution in [0.2, 0.25) is 0 Å². The van der Waals surface area contributed by atoms with Gasteiger partial charge in [0.2, 0.25) is 0 Å². The van der Waals surface area contributed by atoms with Gasteiger partial charge in [-0.25, -0.2) is 4.79 Å². The van der Waals surface area contributed by atoms with Crippen LogP contribution in [0.5, 0.6) is 0 Å². The maximum absolute atomic E-state index is 12.6. The second-order valence-corrected chi connectivity index (χ2v) is 8.10. The summed E-state index contributed by atoms with van der Waals surface area (Å²) in [6, 6.07) is 16.3. The maximum atomic E-state index is 12.6. The smallest absolute Gasteiger partial charge is 0.409 e. The van der Waals surface area contributed by atoms with E-state index in [9.17, 15) is 14.7 Å². The maximum Gasteiger partial charge on any atom is 0.409 e. The van der Waals surface area contributed by atoms with Gasteiger partial charge in [-0.1, -0.05) is 48.5 Å². The lowest BCUT2D eigenvalue weighted by molar-refractivity contribution is -0.144. The Labute approximate surface area is 169 Å². The van der Waals surface area contributed by atoms with Crippen molar-refractivity contribution in [3.8, 4) is 11.1 Å². The first-order valence-corrected chi connectivity index (χ1v) is 10.2. The van der Waals surface area contributed by atoms with Gasteiger partial charge in [-0.15, -0.1) is 0 Å². The van der Waals surface area contributed by atoms with Gasteiger partial charge in [0.05, 0.1) is 0 Å². The van der Waals surface area contributed by atoms with Crippen molar-refractivity contribution in [2.75, 3.05) is 26.2 Å². The fraction of sp³-hybridized carbons (Fsp3) is 0.391. The van der Waals surface area contributed by atoms with Crippen LogP contribution in [0.25, 0.3) is 11.1 Å². The number of carboxylic acids is 1. The molecule has 0 unspecified atom stereocenters. The minimum absolute atomic E-state index is 0.0541. The fourth-order valence-electron chi connectivity index (χ4n) is 4.99. The molecule has 0 saturated carbocycles. The van der Waals surface area contributed by atoms with E-state index in [0.717, 1.165) is 13.0 Å². The van der Waals surface area contributed by atoms with E-state index in [2.05, 4.69) is 24.3 Å². The first-order chi connectivity index (χ1) is 14.1. The van der Waals surface area contributed by atoms with E-state index in [4.69, 9.17) is 4.74 Å². The molecule has 0 radical (unpaired) electrons. The molecular weight excluding hydrogens is 368 g/mol. The number of carboxylic acid groups (broad SMARTS) is 1. The molecule has 0 aromatic heterocycles. The number of rotatable bonds is 4. The monoisotopic (exact) mass is 392 g/mol. The normalized spacial score (nSPS) is 21.5. The van der Waals surface area contributed by atoms with Gasteiger partial charge in [-0.2, -0.15) is 0 Å². The second-order valence-electron chi connectivity index (χ2n) is 8.10. The Morgan fingerprint density at radius 2 is 1.62 bits per heavy atom. The number of benzene rings is 2. The van der Waals surface area contributed by atoms with Gasteiger partial charge < -0.3 is 14.7 Å². The minimum atomic E-state index is -0.762. The number of aliphatic carboxylic acids is 1. The summed E-state index contributed by atoms with van der Waals surface area (Å²) in [4.78, 5) is 27.6. The molecule has 1 aliphatic carbocycles. The molecule has 2 heterocycles. The van der Waals surface area contributed by atoms with E-state index in [1.807, 2.05) is 29.2 Å². The molecule has 150 valence electrons. The van der Waals surface area contributed by atoms with Crippen molar-refractivity contribution in [1.82, 2.24) is 9.80 Å². The van der Waals surface area contributed by atoms with Gasteiger partial charge in [0.15, 0.2) is 0 Å². The minimum Gasteiger partial charge on any atom is -0.480 e. The number of ether oxygens (including phenoxy) is 1. The van der Waals surface area contributed by atoms with Crippen LogP contribution < -0.4 is 0 Å². The van der Waals surface area contributed by atoms with Gasteiger partial charge in [0, 0.05) is 25.0 Å². The van der Waals surface area contributed by atoms with Gasteiger partial charge in [0.25, 0.3) is 0 Å². The van der Waals surface area contributed by atoms with Crippen molar-refractivity contribution >= 4 is 12.1 Å². The Kier molecular flexibility index (Phi) is 4.51. The summed E-state index contributed by atoms with van der Waals surface area (Å²) in [5.41, 5.74) is 4.82. The van der Waals surface area contributed by atoms with Gasteiger partial charge >= 0.3 is 12.1 Å². The average molecular weight is 392 g/mol. The Balaban J connectivity index is 1.21. The van der Waals surface area contributed by atoms with Crippen LogP contribution >= 0.6 is 0 Å². The van der Waals surface area contributed by atoms with Crippen LogP contribution in [0.15, 0.2) is 48.5 Å². The van der Waals surface area contributed by atoms with Crippen LogP contribution in [-0.4, -0.2) is 65.3 Å². The first kappa shape index (κ1) is 18.2. The Morgan fingerprint density at radius 3 is 2.24 bits per heavy atom. The predicted molar refractivity (Wildman–Crippen MR) is 108 cm³/mol. The summed E-state index contributed by atoms with van der Waals surface area (Å²) in [5, 5.41) is 9.35. The number of hydrogen-bond donors (Lipinski definition) is 1. The van der Waals surface area contributed by atoms with Crippen LogP contribution in [0.3, 0.4) is 0 Å². The molecule has 2 saturated heterocycles. The molecule has 6 nitrogen and oxygen atoms in total. The van der Waals surface area contributed by atoms with Crippen molar-refractivity contribution in [2.24, 2.45) is 0 Å². The van der Waals surface area contributed by atoms with E-state index in [-0.39, 0.29) is 18.1 Å². The Bertz CT molecular complexity index is 908. The number of carbonyl (C=O) groups is 2. The van der Waals surface area contributed by atoms with E-state index in [0.29, 0.717) is 26.1 Å². The lowest BCUT2D eigenvalue weighted by Crippen LogP contribution is -2.62. The highest BCUT2D eigenvalue weighted by Gasteiger charge is 2.43. The van der Waals surface area contributed by atoms with Crippen LogP contribution in [0, 0.1) is 0 Å². The molecule has 2 fully saturated rings. The van der Waals surface area contributed by atoms with Crippen LogP contribution in [-0.2, 0) is 9.53 Å². The lowest BCUT2D eigenvalue weighted by Gasteiger charge is -2.44. The second kappa shape index (κ2) is 7.19. The van der Waals surface area contributed by atoms with Crippen molar-refractivity contribution < 1.29 is 19.4 Å². The van der Waals surface area contributed by atoms with Crippen molar-refractivity contribution in [3.63, 3.8) is 0 Å². The van der Waals surface area contributed by atoms with Crippen LogP contribution in [0.4, 0.5) is 4.79 Å². The predicted octanol–water partition coefficient (Wildman–Crippen LogP) is 3.17. The molecule has 1 N–H and O–H groups in total. The van der Waals surface area contributed by atoms with E-state index >= 15 is 0 Å². The quantitative estimate of drug-likeness (QED) is 0.866. The molecule has 2 aromatic rings. The summed E-state index contributed by atoms with van der Waals surface area (Å²) in [7, 11) is 0. The molecule has 0 spiro atoms. The SMILES string of the molecule is O=C(O)[C@H]1CCCN1C1CN(C(=O)OCC2c3ccccc3-c3ccccc32)C1. The molecule has 5 rings (SSSR count). The standard InChI is InChI=1S/C23H24N2O4/c26-22(27)21-10-5-11-25(21)15-12-24(13-15)23(28)29-14-20-18-8-3-1-6-16(18)17-7-2-4-9-19(17)20/h1-4,6-9,15,20-21H,5,10-14H2,(H,26,27)/t21-/m1/s1. The van der Waals surface area contributed by atoms with Gasteiger partial charge in [-0.3, -0.25) is 9.69 Å². The van der Waals surface area contributed by atoms with Crippen molar-refractivity contribution in [2.45, 2.75) is 30.8 Å². The fourth-order valence-corrected chi connectivity index (χ4v) is 4.99. The number of carbonyl (C=O) groups excluding carboxylic acids is 1. The number of nitrogens with zero attached hydrogens (tertiary/aromatic N) is 2. The highest BCUT2D eigenvalue weighted by atomic mass is 16.6. The summed E-state index contributed by atoms with van der Waals surface area (Å²) in [6.07, 6.45) is 1.28. The Morgan fingerprint density at radius 1 is 1.00 bits per heavy atom. The number of hydrogen-bond acceptors (Lipinski definition) is 4. The zero-order valence-electron chi connectivity index (χ0n) is 16.2. The molecule has 1 amide bonds. The molecule has 2 aromatic carbocycles. The summed E-state index contributed by atoms with van der Waals surface area (Å²) in [5.74, 6) is -0.708. The summed E-state index contributed by atoms with van der Waals surface area (Å²) in [6.45, 7) is 2.19. The third kappa shape index (κ3) is 3.08. The van der Waals surface area contributed by atoms with E-state index in [1.165, 1.54) is 22.3 Å². The highest BCUT2D eigenvalue weighted by molar-refractivity contribution is 5.79. The number of amides is 1. The summed E-state index contributed by atoms with van der Waals surface area (Å²) < 4.78 is 5.68. The van der Waals surface area contributed by atoms with E-state index in [1.54, 1.807) is 4.90 Å². The summed E-state index contributed by atoms with van der Waals surface area (Å²) >= 11 is 0. The Hall–Kier alpha value is -2.86. The molecule has 0 bridgehead atoms. The third-order valence-corrected chi connectivity index (χ3v) is 6.50. The largest absolute Gasteiger partial charge is 0.480 e. The zero-order chi connectivity index (χ0) is 20.0.